The van der Waals surface area contributed by atoms with Gasteiger partial charge in [-0.05, 0) is 23.9 Å². The Morgan fingerprint density at radius 1 is 1.08 bits per heavy atom. The molecule has 4 rings (SSSR count). The van der Waals surface area contributed by atoms with Crippen LogP contribution in [0, 0.1) is 0 Å². The van der Waals surface area contributed by atoms with Crippen molar-refractivity contribution in [2.75, 3.05) is 51.2 Å². The third kappa shape index (κ3) is 3.50. The first kappa shape index (κ1) is 16.8. The second kappa shape index (κ2) is 7.32. The molecule has 0 aliphatic carbocycles. The summed E-state index contributed by atoms with van der Waals surface area (Å²) in [6.45, 7) is 5.52. The Labute approximate surface area is 151 Å². The minimum absolute atomic E-state index is 0.0270. The van der Waals surface area contributed by atoms with Gasteiger partial charge in [-0.2, -0.15) is 0 Å². The molecule has 0 atom stereocenters. The van der Waals surface area contributed by atoms with E-state index in [1.807, 2.05) is 4.90 Å². The zero-order chi connectivity index (χ0) is 17.9. The first-order chi connectivity index (χ1) is 12.7. The lowest BCUT2D eigenvalue weighted by atomic mass is 10.1. The zero-order valence-corrected chi connectivity index (χ0v) is 15.0. The molecule has 0 spiro atoms. The standard InChI is InChI=1S/C16H23N9O/c1-22-6-8-24(9-7-22)16-13-2-4-23(5-3-14(13)17-11-18-16)15(26)10-25-12-19-20-21-25/h11-12H,2-10H2,1H3. The summed E-state index contributed by atoms with van der Waals surface area (Å²) < 4.78 is 1.45. The van der Waals surface area contributed by atoms with E-state index in [4.69, 9.17) is 0 Å². The quantitative estimate of drug-likeness (QED) is 0.679. The van der Waals surface area contributed by atoms with Crippen LogP contribution in [-0.2, 0) is 24.2 Å². The van der Waals surface area contributed by atoms with Gasteiger partial charge in [-0.15, -0.1) is 5.10 Å². The molecular formula is C16H23N9O. The monoisotopic (exact) mass is 357 g/mol. The van der Waals surface area contributed by atoms with Gasteiger partial charge in [0.1, 0.15) is 25.0 Å². The minimum Gasteiger partial charge on any atom is -0.354 e. The maximum absolute atomic E-state index is 12.5. The molecule has 10 heteroatoms. The first-order valence-electron chi connectivity index (χ1n) is 8.95. The number of hydrogen-bond acceptors (Lipinski definition) is 8. The number of hydrogen-bond donors (Lipinski definition) is 0. The van der Waals surface area contributed by atoms with Crippen molar-refractivity contribution in [3.05, 3.63) is 23.9 Å². The summed E-state index contributed by atoms with van der Waals surface area (Å²) in [6, 6.07) is 0. The number of rotatable bonds is 3. The predicted molar refractivity (Wildman–Crippen MR) is 93.5 cm³/mol. The fourth-order valence-electron chi connectivity index (χ4n) is 3.54. The summed E-state index contributed by atoms with van der Waals surface area (Å²) in [7, 11) is 2.14. The summed E-state index contributed by atoms with van der Waals surface area (Å²) in [5.41, 5.74) is 2.25. The Kier molecular flexibility index (Phi) is 4.74. The summed E-state index contributed by atoms with van der Waals surface area (Å²) in [5, 5.41) is 10.9. The SMILES string of the molecule is CN1CCN(c2ncnc3c2CCN(C(=O)Cn2cnnn2)CC3)CC1. The summed E-state index contributed by atoms with van der Waals surface area (Å²) in [5.74, 6) is 1.07. The third-order valence-corrected chi connectivity index (χ3v) is 5.11. The van der Waals surface area contributed by atoms with Crippen LogP contribution in [0.3, 0.4) is 0 Å². The molecule has 0 saturated carbocycles. The molecule has 1 fully saturated rings. The Balaban J connectivity index is 1.47. The Bertz CT molecular complexity index is 755. The average molecular weight is 357 g/mol. The van der Waals surface area contributed by atoms with Gasteiger partial charge in [0.25, 0.3) is 0 Å². The summed E-state index contributed by atoms with van der Waals surface area (Å²) >= 11 is 0. The molecule has 2 aromatic heterocycles. The number of anilines is 1. The van der Waals surface area contributed by atoms with E-state index in [2.05, 4.69) is 42.3 Å². The molecule has 0 bridgehead atoms. The maximum Gasteiger partial charge on any atom is 0.244 e. The second-order valence-electron chi connectivity index (χ2n) is 6.80. The summed E-state index contributed by atoms with van der Waals surface area (Å²) in [6.07, 6.45) is 4.64. The van der Waals surface area contributed by atoms with Crippen LogP contribution < -0.4 is 4.90 Å². The van der Waals surface area contributed by atoms with Crippen LogP contribution in [-0.4, -0.2) is 92.2 Å². The predicted octanol–water partition coefficient (Wildman–Crippen LogP) is -1.16. The molecule has 4 heterocycles. The van der Waals surface area contributed by atoms with Crippen LogP contribution in [0.5, 0.6) is 0 Å². The number of carbonyl (C=O) groups excluding carboxylic acids is 1. The van der Waals surface area contributed by atoms with Crippen LogP contribution in [0.1, 0.15) is 11.3 Å². The van der Waals surface area contributed by atoms with E-state index in [0.717, 1.165) is 50.5 Å². The van der Waals surface area contributed by atoms with E-state index in [-0.39, 0.29) is 12.5 Å². The van der Waals surface area contributed by atoms with E-state index in [9.17, 15) is 4.79 Å². The van der Waals surface area contributed by atoms with Crippen LogP contribution >= 0.6 is 0 Å². The topological polar surface area (TPSA) is 96.2 Å². The van der Waals surface area contributed by atoms with Gasteiger partial charge >= 0.3 is 0 Å². The highest BCUT2D eigenvalue weighted by molar-refractivity contribution is 5.76. The molecule has 10 nitrogen and oxygen atoms in total. The molecule has 0 N–H and O–H groups in total. The molecule has 2 aliphatic rings. The molecule has 1 amide bonds. The highest BCUT2D eigenvalue weighted by Gasteiger charge is 2.25. The molecule has 0 aromatic carbocycles. The van der Waals surface area contributed by atoms with Gasteiger partial charge in [0.05, 0.1) is 5.69 Å². The Hall–Kier alpha value is -2.62. The average Bonchev–Trinajstić information content (AvgIpc) is 3.06. The molecule has 0 unspecified atom stereocenters. The lowest BCUT2D eigenvalue weighted by Gasteiger charge is -2.34. The number of tetrazole rings is 1. The van der Waals surface area contributed by atoms with Gasteiger partial charge in [-0.1, -0.05) is 0 Å². The van der Waals surface area contributed by atoms with Crippen molar-refractivity contribution in [2.45, 2.75) is 19.4 Å². The summed E-state index contributed by atoms with van der Waals surface area (Å²) in [4.78, 5) is 28.2. The number of likely N-dealkylation sites (N-methyl/N-ethyl adjacent to an activating group) is 1. The van der Waals surface area contributed by atoms with E-state index in [1.165, 1.54) is 16.6 Å². The van der Waals surface area contributed by atoms with Crippen LogP contribution in [0.2, 0.25) is 0 Å². The molecule has 26 heavy (non-hydrogen) atoms. The number of carbonyl (C=O) groups is 1. The lowest BCUT2D eigenvalue weighted by Crippen LogP contribution is -2.45. The number of aromatic nitrogens is 6. The van der Waals surface area contributed by atoms with Crippen molar-refractivity contribution in [2.24, 2.45) is 0 Å². The number of amides is 1. The van der Waals surface area contributed by atoms with Crippen molar-refractivity contribution < 1.29 is 4.79 Å². The van der Waals surface area contributed by atoms with Gasteiger partial charge in [0.15, 0.2) is 0 Å². The molecule has 0 radical (unpaired) electrons. The number of nitrogens with zero attached hydrogens (tertiary/aromatic N) is 9. The molecule has 1 saturated heterocycles. The zero-order valence-electron chi connectivity index (χ0n) is 15.0. The maximum atomic E-state index is 12.5. The van der Waals surface area contributed by atoms with E-state index >= 15 is 0 Å². The molecule has 2 aliphatic heterocycles. The third-order valence-electron chi connectivity index (χ3n) is 5.11. The largest absolute Gasteiger partial charge is 0.354 e. The van der Waals surface area contributed by atoms with E-state index in [1.54, 1.807) is 6.33 Å². The van der Waals surface area contributed by atoms with Crippen LogP contribution in [0.4, 0.5) is 5.82 Å². The normalized spacial score (nSPS) is 18.5. The number of fused-ring (bicyclic) bond motifs is 1. The highest BCUT2D eigenvalue weighted by Crippen LogP contribution is 2.24. The minimum atomic E-state index is 0.0270. The Morgan fingerprint density at radius 3 is 2.65 bits per heavy atom. The second-order valence-corrected chi connectivity index (χ2v) is 6.80. The Morgan fingerprint density at radius 2 is 1.88 bits per heavy atom. The van der Waals surface area contributed by atoms with Gasteiger partial charge in [-0.25, -0.2) is 14.6 Å². The lowest BCUT2D eigenvalue weighted by molar-refractivity contribution is -0.132. The van der Waals surface area contributed by atoms with Gasteiger partial charge in [0, 0.05) is 51.3 Å². The van der Waals surface area contributed by atoms with Crippen molar-refractivity contribution in [3.8, 4) is 0 Å². The van der Waals surface area contributed by atoms with Crippen molar-refractivity contribution in [1.82, 2.24) is 40.0 Å². The van der Waals surface area contributed by atoms with Crippen molar-refractivity contribution in [1.29, 1.82) is 0 Å². The smallest absolute Gasteiger partial charge is 0.244 e. The fraction of sp³-hybridized carbons (Fsp3) is 0.625. The fourth-order valence-corrected chi connectivity index (χ4v) is 3.54. The van der Waals surface area contributed by atoms with Crippen LogP contribution in [0.15, 0.2) is 12.7 Å². The van der Waals surface area contributed by atoms with Crippen LogP contribution in [0.25, 0.3) is 0 Å². The molecule has 138 valence electrons. The van der Waals surface area contributed by atoms with Gasteiger partial charge < -0.3 is 14.7 Å². The van der Waals surface area contributed by atoms with Crippen molar-refractivity contribution >= 4 is 11.7 Å². The molecule has 2 aromatic rings. The van der Waals surface area contributed by atoms with E-state index < -0.39 is 0 Å². The molecular weight excluding hydrogens is 334 g/mol. The first-order valence-corrected chi connectivity index (χ1v) is 8.95. The van der Waals surface area contributed by atoms with E-state index in [0.29, 0.717) is 13.1 Å². The highest BCUT2D eigenvalue weighted by atomic mass is 16.2. The number of piperazine rings is 1. The van der Waals surface area contributed by atoms with Gasteiger partial charge in [0.2, 0.25) is 5.91 Å². The van der Waals surface area contributed by atoms with Gasteiger partial charge in [-0.3, -0.25) is 4.79 Å². The van der Waals surface area contributed by atoms with Crippen molar-refractivity contribution in [3.63, 3.8) is 0 Å².